The summed E-state index contributed by atoms with van der Waals surface area (Å²) in [5, 5.41) is 2.13. The van der Waals surface area contributed by atoms with Crippen LogP contribution in [0.4, 0.5) is 22.0 Å². The minimum absolute atomic E-state index is 0.0377. The number of hydrogen-bond donors (Lipinski definition) is 0. The number of benzene rings is 4. The van der Waals surface area contributed by atoms with Crippen molar-refractivity contribution in [2.45, 2.75) is 13.1 Å². The molecule has 1 nitrogen and oxygen atoms in total. The van der Waals surface area contributed by atoms with Gasteiger partial charge in [-0.3, -0.25) is 0 Å². The third kappa shape index (κ3) is 5.07. The van der Waals surface area contributed by atoms with Gasteiger partial charge in [-0.25, -0.2) is 8.78 Å². The highest BCUT2D eigenvalue weighted by molar-refractivity contribution is 5.87. The molecule has 0 aliphatic rings. The number of ether oxygens (including phenoxy) is 1. The van der Waals surface area contributed by atoms with Crippen molar-refractivity contribution in [2.24, 2.45) is 0 Å². The summed E-state index contributed by atoms with van der Waals surface area (Å²) in [6.45, 7) is 2.50. The normalized spacial score (nSPS) is 11.0. The van der Waals surface area contributed by atoms with Crippen molar-refractivity contribution in [3.05, 3.63) is 89.0 Å². The van der Waals surface area contributed by atoms with Crippen molar-refractivity contribution < 1.29 is 26.7 Å². The average molecular weight is 450 g/mol. The molecule has 0 N–H and O–H groups in total. The Morgan fingerprint density at radius 1 is 0.758 bits per heavy atom. The summed E-state index contributed by atoms with van der Waals surface area (Å²) in [6, 6.07) is 16.8. The van der Waals surface area contributed by atoms with Crippen molar-refractivity contribution >= 4 is 21.5 Å². The topological polar surface area (TPSA) is 9.23 Å². The first-order valence-electron chi connectivity index (χ1n) is 9.94. The van der Waals surface area contributed by atoms with Crippen molar-refractivity contribution in [2.75, 3.05) is 6.61 Å². The van der Waals surface area contributed by atoms with Crippen molar-refractivity contribution in [1.29, 1.82) is 0 Å². The van der Waals surface area contributed by atoms with Gasteiger partial charge in [-0.05, 0) is 65.5 Å². The highest BCUT2D eigenvalue weighted by Crippen LogP contribution is 2.26. The Morgan fingerprint density at radius 3 is 2.09 bits per heavy atom. The average Bonchev–Trinajstić information content (AvgIpc) is 2.76. The van der Waals surface area contributed by atoms with Crippen LogP contribution in [0.2, 0.25) is 0 Å². The number of halogens is 5. The molecule has 0 atom stereocenters. The molecule has 0 heterocycles. The Bertz CT molecular complexity index is 1490. The van der Waals surface area contributed by atoms with Crippen molar-refractivity contribution in [3.63, 3.8) is 0 Å². The molecule has 0 spiro atoms. The van der Waals surface area contributed by atoms with Gasteiger partial charge in [0.05, 0.1) is 12.2 Å². The van der Waals surface area contributed by atoms with Crippen LogP contribution >= 0.6 is 0 Å². The van der Waals surface area contributed by atoms with Gasteiger partial charge in [0.2, 0.25) is 0 Å². The number of alkyl halides is 3. The minimum Gasteiger partial charge on any atom is -0.494 e. The highest BCUT2D eigenvalue weighted by Gasteiger charge is 2.24. The third-order valence-corrected chi connectivity index (χ3v) is 4.83. The zero-order chi connectivity index (χ0) is 23.6. The van der Waals surface area contributed by atoms with Crippen LogP contribution < -0.4 is 4.74 Å². The Balaban J connectivity index is 1.66. The predicted octanol–water partition coefficient (Wildman–Crippen LogP) is 6.98. The summed E-state index contributed by atoms with van der Waals surface area (Å²) in [6.07, 6.45) is -4.85. The maximum Gasteiger partial charge on any atom is 0.458 e. The Hall–Kier alpha value is -4.03. The second-order valence-electron chi connectivity index (χ2n) is 7.14. The maximum absolute atomic E-state index is 14.6. The molecule has 33 heavy (non-hydrogen) atoms. The SMILES string of the molecule is CCOc1ccc2cc(C#Cc3ccc4c(F)c(C#CC(F)(F)F)c(F)cc4c3)ccc2c1. The van der Waals surface area contributed by atoms with Gasteiger partial charge in [-0.1, -0.05) is 36.0 Å². The van der Waals surface area contributed by atoms with Gasteiger partial charge in [0.15, 0.2) is 0 Å². The molecule has 0 saturated carbocycles. The van der Waals surface area contributed by atoms with E-state index >= 15 is 0 Å². The van der Waals surface area contributed by atoms with E-state index in [1.165, 1.54) is 24.1 Å². The van der Waals surface area contributed by atoms with Crippen LogP contribution in [0.5, 0.6) is 5.75 Å². The largest absolute Gasteiger partial charge is 0.494 e. The van der Waals surface area contributed by atoms with Crippen molar-refractivity contribution in [3.8, 4) is 29.4 Å². The van der Waals surface area contributed by atoms with E-state index < -0.39 is 23.4 Å². The number of fused-ring (bicyclic) bond motifs is 2. The first-order chi connectivity index (χ1) is 15.7. The molecular weight excluding hydrogens is 435 g/mol. The summed E-state index contributed by atoms with van der Waals surface area (Å²) in [4.78, 5) is 0. The van der Waals surface area contributed by atoms with E-state index in [9.17, 15) is 22.0 Å². The van der Waals surface area contributed by atoms with Gasteiger partial charge in [0.1, 0.15) is 17.4 Å². The first kappa shape index (κ1) is 22.2. The maximum atomic E-state index is 14.6. The van der Waals surface area contributed by atoms with E-state index in [1.807, 2.05) is 43.3 Å². The molecule has 0 saturated heterocycles. The number of hydrogen-bond acceptors (Lipinski definition) is 1. The second kappa shape index (κ2) is 8.84. The molecule has 0 unspecified atom stereocenters. The molecule has 0 aliphatic heterocycles. The molecule has 0 amide bonds. The predicted molar refractivity (Wildman–Crippen MR) is 118 cm³/mol. The lowest BCUT2D eigenvalue weighted by molar-refractivity contribution is -0.0696. The Labute approximate surface area is 186 Å². The molecule has 0 fully saturated rings. The zero-order valence-electron chi connectivity index (χ0n) is 17.3. The van der Waals surface area contributed by atoms with Gasteiger partial charge >= 0.3 is 6.18 Å². The van der Waals surface area contributed by atoms with Crippen LogP contribution in [0.25, 0.3) is 21.5 Å². The van der Waals surface area contributed by atoms with Crippen LogP contribution in [0.1, 0.15) is 23.6 Å². The third-order valence-electron chi connectivity index (χ3n) is 4.83. The van der Waals surface area contributed by atoms with E-state index in [4.69, 9.17) is 4.74 Å². The van der Waals surface area contributed by atoms with E-state index in [1.54, 1.807) is 0 Å². The lowest BCUT2D eigenvalue weighted by atomic mass is 10.0. The fourth-order valence-electron chi connectivity index (χ4n) is 3.36. The molecule has 164 valence electrons. The summed E-state index contributed by atoms with van der Waals surface area (Å²) in [7, 11) is 0. The minimum atomic E-state index is -4.85. The van der Waals surface area contributed by atoms with Crippen LogP contribution in [0.15, 0.2) is 60.7 Å². The van der Waals surface area contributed by atoms with Crippen LogP contribution in [-0.2, 0) is 0 Å². The van der Waals surface area contributed by atoms with E-state index in [0.717, 1.165) is 34.1 Å². The van der Waals surface area contributed by atoms with E-state index in [0.29, 0.717) is 12.2 Å². The van der Waals surface area contributed by atoms with Crippen LogP contribution in [0, 0.1) is 35.3 Å². The zero-order valence-corrected chi connectivity index (χ0v) is 17.3. The standard InChI is InChI=1S/C27H15F5O/c1-2-33-22-9-8-19-13-17(5-7-20(19)15-22)3-4-18-6-10-23-21(14-18)16-25(28)24(26(23)29)11-12-27(30,31)32/h5-10,13-16H,2H2,1H3. The highest BCUT2D eigenvalue weighted by atomic mass is 19.4. The lowest BCUT2D eigenvalue weighted by Crippen LogP contribution is -2.02. The second-order valence-corrected chi connectivity index (χ2v) is 7.14. The van der Waals surface area contributed by atoms with Gasteiger partial charge in [0.25, 0.3) is 0 Å². The lowest BCUT2D eigenvalue weighted by Gasteiger charge is -2.05. The first-order valence-corrected chi connectivity index (χ1v) is 9.94. The van der Waals surface area contributed by atoms with Gasteiger partial charge < -0.3 is 4.74 Å². The molecular formula is C27H15F5O. The Kier molecular flexibility index (Phi) is 5.94. The Morgan fingerprint density at radius 2 is 1.39 bits per heavy atom. The summed E-state index contributed by atoms with van der Waals surface area (Å²) in [5.41, 5.74) is 0.339. The summed E-state index contributed by atoms with van der Waals surface area (Å²) >= 11 is 0. The van der Waals surface area contributed by atoms with Crippen molar-refractivity contribution in [1.82, 2.24) is 0 Å². The van der Waals surface area contributed by atoms with Gasteiger partial charge in [-0.15, -0.1) is 0 Å². The van der Waals surface area contributed by atoms with E-state index in [2.05, 4.69) is 11.8 Å². The quantitative estimate of drug-likeness (QED) is 0.236. The fourth-order valence-corrected chi connectivity index (χ4v) is 3.36. The summed E-state index contributed by atoms with van der Waals surface area (Å²) in [5.74, 6) is 6.89. The van der Waals surface area contributed by atoms with Crippen LogP contribution in [0.3, 0.4) is 0 Å². The molecule has 0 aliphatic carbocycles. The van der Waals surface area contributed by atoms with E-state index in [-0.39, 0.29) is 10.8 Å². The molecule has 4 aromatic rings. The summed E-state index contributed by atoms with van der Waals surface area (Å²) < 4.78 is 71.1. The molecule has 4 aromatic carbocycles. The molecule has 0 bridgehead atoms. The molecule has 4 rings (SSSR count). The van der Waals surface area contributed by atoms with Gasteiger partial charge in [0, 0.05) is 22.4 Å². The molecule has 6 heteroatoms. The fraction of sp³-hybridized carbons (Fsp3) is 0.111. The smallest absolute Gasteiger partial charge is 0.458 e. The van der Waals surface area contributed by atoms with Gasteiger partial charge in [-0.2, -0.15) is 13.2 Å². The molecule has 0 radical (unpaired) electrons. The number of rotatable bonds is 2. The molecule has 0 aromatic heterocycles. The van der Waals surface area contributed by atoms with Crippen LogP contribution in [-0.4, -0.2) is 12.8 Å². The monoisotopic (exact) mass is 450 g/mol.